The first-order valence-corrected chi connectivity index (χ1v) is 12.4. The Morgan fingerprint density at radius 1 is 0.946 bits per heavy atom. The molecule has 2 aliphatic rings. The number of benzene rings is 2. The van der Waals surface area contributed by atoms with E-state index in [1.165, 1.54) is 5.69 Å². The fourth-order valence-corrected chi connectivity index (χ4v) is 5.10. The summed E-state index contributed by atoms with van der Waals surface area (Å²) in [6.45, 7) is 4.86. The van der Waals surface area contributed by atoms with E-state index in [0.717, 1.165) is 74.3 Å². The summed E-state index contributed by atoms with van der Waals surface area (Å²) >= 11 is 0. The minimum atomic E-state index is -0.190. The van der Waals surface area contributed by atoms with Gasteiger partial charge in [-0.15, -0.1) is 17.5 Å². The summed E-state index contributed by atoms with van der Waals surface area (Å²) in [4.78, 5) is 4.82. The third-order valence-corrected chi connectivity index (χ3v) is 7.05. The van der Waals surface area contributed by atoms with Gasteiger partial charge in [-0.05, 0) is 65.7 Å². The van der Waals surface area contributed by atoms with E-state index in [1.54, 1.807) is 21.3 Å². The Kier molecular flexibility index (Phi) is 9.07. The highest BCUT2D eigenvalue weighted by molar-refractivity contribution is 5.85. The molecule has 2 atom stereocenters. The average Bonchev–Trinajstić information content (AvgIpc) is 3.62. The second-order valence-corrected chi connectivity index (χ2v) is 9.09. The Balaban J connectivity index is 0.00000320. The molecular weight excluding hydrogens is 496 g/mol. The molecule has 0 amide bonds. The van der Waals surface area contributed by atoms with Gasteiger partial charge in [-0.1, -0.05) is 0 Å². The fourth-order valence-electron chi connectivity index (χ4n) is 5.10. The maximum absolute atomic E-state index is 5.88. The number of hydrogen-bond acceptors (Lipinski definition) is 9. The summed E-state index contributed by atoms with van der Waals surface area (Å²) in [7, 11) is 5.06. The van der Waals surface area contributed by atoms with Gasteiger partial charge in [0.05, 0.1) is 34.0 Å². The summed E-state index contributed by atoms with van der Waals surface area (Å²) in [5.74, 6) is 3.20. The number of rotatable bonds is 9. The maximum atomic E-state index is 5.88. The molecule has 2 saturated heterocycles. The summed E-state index contributed by atoms with van der Waals surface area (Å²) in [6, 6.07) is 13.9. The zero-order valence-electron chi connectivity index (χ0n) is 21.6. The van der Waals surface area contributed by atoms with E-state index < -0.39 is 0 Å². The van der Waals surface area contributed by atoms with E-state index in [-0.39, 0.29) is 24.6 Å². The monoisotopic (exact) mass is 530 g/mol. The van der Waals surface area contributed by atoms with E-state index in [9.17, 15) is 0 Å². The van der Waals surface area contributed by atoms with Crippen LogP contribution in [0.2, 0.25) is 0 Å². The molecule has 0 radical (unpaired) electrons. The van der Waals surface area contributed by atoms with E-state index in [0.29, 0.717) is 6.54 Å². The normalized spacial score (nSPS) is 18.8. The molecule has 1 aromatic heterocycles. The standard InChI is InChI=1S/C26H34N6O4.ClH/c1-33-20-8-6-19(7-9-20)30-12-14-31(15-13-30)25(23-17-21(34-2)10-11-24(23)35-3)26-27-28-29-32(26)18-22-5-4-16-36-22;/h6-11,17,22,25H,4-5,12-16,18H2,1-3H3;1H. The number of nitrogens with zero attached hydrogens (tertiary/aromatic N) is 6. The Morgan fingerprint density at radius 2 is 1.68 bits per heavy atom. The van der Waals surface area contributed by atoms with Gasteiger partial charge in [0.2, 0.25) is 0 Å². The molecule has 10 nitrogen and oxygen atoms in total. The first kappa shape index (κ1) is 27.0. The molecule has 0 aliphatic carbocycles. The molecule has 0 spiro atoms. The van der Waals surface area contributed by atoms with Crippen molar-refractivity contribution in [1.82, 2.24) is 25.1 Å². The van der Waals surface area contributed by atoms with Crippen LogP contribution in [-0.2, 0) is 11.3 Å². The van der Waals surface area contributed by atoms with Crippen molar-refractivity contribution in [3.63, 3.8) is 0 Å². The molecule has 3 aromatic rings. The molecule has 200 valence electrons. The quantitative estimate of drug-likeness (QED) is 0.414. The minimum Gasteiger partial charge on any atom is -0.497 e. The summed E-state index contributed by atoms with van der Waals surface area (Å²) < 4.78 is 24.5. The lowest BCUT2D eigenvalue weighted by Gasteiger charge is -2.40. The van der Waals surface area contributed by atoms with Crippen LogP contribution in [0.1, 0.15) is 30.3 Å². The van der Waals surface area contributed by atoms with Crippen molar-refractivity contribution in [3.8, 4) is 17.2 Å². The van der Waals surface area contributed by atoms with Crippen molar-refractivity contribution in [2.75, 3.05) is 59.0 Å². The SMILES string of the molecule is COc1ccc(N2CCN(C(c3cc(OC)ccc3OC)c3nnnn3CC3CCCO3)CC2)cc1.Cl. The average molecular weight is 531 g/mol. The smallest absolute Gasteiger partial charge is 0.173 e. The Bertz CT molecular complexity index is 1130. The largest absolute Gasteiger partial charge is 0.497 e. The number of aromatic nitrogens is 4. The van der Waals surface area contributed by atoms with Gasteiger partial charge in [0.1, 0.15) is 23.3 Å². The molecule has 0 N–H and O–H groups in total. The lowest BCUT2D eigenvalue weighted by molar-refractivity contribution is 0.0906. The first-order chi connectivity index (χ1) is 17.7. The second kappa shape index (κ2) is 12.4. The number of piperazine rings is 1. The molecule has 2 aromatic carbocycles. The van der Waals surface area contributed by atoms with Crippen LogP contribution in [0, 0.1) is 0 Å². The van der Waals surface area contributed by atoms with Crippen molar-refractivity contribution in [1.29, 1.82) is 0 Å². The van der Waals surface area contributed by atoms with E-state index in [2.05, 4.69) is 37.5 Å². The molecule has 2 aliphatic heterocycles. The van der Waals surface area contributed by atoms with Gasteiger partial charge in [0.15, 0.2) is 5.82 Å². The van der Waals surface area contributed by atoms with Crippen molar-refractivity contribution in [3.05, 3.63) is 53.9 Å². The van der Waals surface area contributed by atoms with Gasteiger partial charge in [-0.3, -0.25) is 4.90 Å². The summed E-state index contributed by atoms with van der Waals surface area (Å²) in [6.07, 6.45) is 2.22. The molecule has 2 unspecified atom stereocenters. The Hall–Kier alpha value is -3.08. The number of halogens is 1. The van der Waals surface area contributed by atoms with Gasteiger partial charge in [0, 0.05) is 44.0 Å². The Labute approximate surface area is 223 Å². The van der Waals surface area contributed by atoms with Crippen LogP contribution in [0.15, 0.2) is 42.5 Å². The molecule has 5 rings (SSSR count). The minimum absolute atomic E-state index is 0. The van der Waals surface area contributed by atoms with Crippen LogP contribution in [-0.4, -0.2) is 85.3 Å². The summed E-state index contributed by atoms with van der Waals surface area (Å²) in [5, 5.41) is 12.9. The van der Waals surface area contributed by atoms with Crippen LogP contribution in [0.4, 0.5) is 5.69 Å². The molecule has 0 bridgehead atoms. The second-order valence-electron chi connectivity index (χ2n) is 9.09. The summed E-state index contributed by atoms with van der Waals surface area (Å²) in [5.41, 5.74) is 2.17. The van der Waals surface area contributed by atoms with Crippen molar-refractivity contribution >= 4 is 18.1 Å². The number of methoxy groups -OCH3 is 3. The van der Waals surface area contributed by atoms with Gasteiger partial charge < -0.3 is 23.8 Å². The molecule has 0 saturated carbocycles. The highest BCUT2D eigenvalue weighted by atomic mass is 35.5. The van der Waals surface area contributed by atoms with Gasteiger partial charge in [-0.25, -0.2) is 4.68 Å². The maximum Gasteiger partial charge on any atom is 0.173 e. The third-order valence-electron chi connectivity index (χ3n) is 7.05. The van der Waals surface area contributed by atoms with E-state index >= 15 is 0 Å². The van der Waals surface area contributed by atoms with E-state index in [1.807, 2.05) is 35.0 Å². The van der Waals surface area contributed by atoms with Gasteiger partial charge in [-0.2, -0.15) is 0 Å². The third kappa shape index (κ3) is 5.92. The lowest BCUT2D eigenvalue weighted by atomic mass is 10.0. The number of hydrogen-bond donors (Lipinski definition) is 0. The first-order valence-electron chi connectivity index (χ1n) is 12.4. The van der Waals surface area contributed by atoms with Crippen LogP contribution in [0.3, 0.4) is 0 Å². The van der Waals surface area contributed by atoms with Crippen LogP contribution < -0.4 is 19.1 Å². The van der Waals surface area contributed by atoms with Crippen LogP contribution in [0.5, 0.6) is 17.2 Å². The predicted molar refractivity (Wildman–Crippen MR) is 142 cm³/mol. The highest BCUT2D eigenvalue weighted by Crippen LogP contribution is 2.37. The van der Waals surface area contributed by atoms with Crippen LogP contribution >= 0.6 is 12.4 Å². The lowest BCUT2D eigenvalue weighted by Crippen LogP contribution is -2.48. The van der Waals surface area contributed by atoms with Crippen molar-refractivity contribution in [2.24, 2.45) is 0 Å². The van der Waals surface area contributed by atoms with E-state index in [4.69, 9.17) is 18.9 Å². The highest BCUT2D eigenvalue weighted by Gasteiger charge is 2.34. The number of ether oxygens (including phenoxy) is 4. The molecule has 11 heteroatoms. The predicted octanol–water partition coefficient (Wildman–Crippen LogP) is 3.21. The fraction of sp³-hybridized carbons (Fsp3) is 0.500. The number of tetrazole rings is 1. The Morgan fingerprint density at radius 3 is 2.32 bits per heavy atom. The van der Waals surface area contributed by atoms with Crippen molar-refractivity contribution in [2.45, 2.75) is 31.5 Å². The van der Waals surface area contributed by atoms with Gasteiger partial charge in [0.25, 0.3) is 0 Å². The molecule has 2 fully saturated rings. The zero-order chi connectivity index (χ0) is 24.9. The number of anilines is 1. The molecule has 37 heavy (non-hydrogen) atoms. The van der Waals surface area contributed by atoms with Crippen molar-refractivity contribution < 1.29 is 18.9 Å². The molecular formula is C26H35ClN6O4. The van der Waals surface area contributed by atoms with Gasteiger partial charge >= 0.3 is 0 Å². The molecule has 3 heterocycles. The topological polar surface area (TPSA) is 87.0 Å². The van der Waals surface area contributed by atoms with Crippen LogP contribution in [0.25, 0.3) is 0 Å². The zero-order valence-corrected chi connectivity index (χ0v) is 22.4.